The molecule has 1 aromatic heterocycles. The summed E-state index contributed by atoms with van der Waals surface area (Å²) in [6.07, 6.45) is 4.33. The van der Waals surface area contributed by atoms with Crippen molar-refractivity contribution in [2.45, 2.75) is 19.8 Å². The SMILES string of the molecule is COc1ccc(-c2cnc(OCC(=O)NCC(C)CC(=N)Cc3ccc(Cl)c(Cl)c3)nc2)cc1. The fourth-order valence-electron chi connectivity index (χ4n) is 3.25. The summed E-state index contributed by atoms with van der Waals surface area (Å²) in [7, 11) is 1.62. The van der Waals surface area contributed by atoms with Crippen molar-refractivity contribution in [1.82, 2.24) is 15.3 Å². The third-order valence-corrected chi connectivity index (χ3v) is 5.77. The van der Waals surface area contributed by atoms with Gasteiger partial charge in [-0.05, 0) is 47.7 Å². The number of nitrogens with one attached hydrogen (secondary N) is 2. The van der Waals surface area contributed by atoms with E-state index < -0.39 is 0 Å². The molecule has 9 heteroatoms. The summed E-state index contributed by atoms with van der Waals surface area (Å²) in [5.41, 5.74) is 3.27. The largest absolute Gasteiger partial charge is 0.497 e. The number of nitrogens with zero attached hydrogens (tertiary/aromatic N) is 2. The number of ether oxygens (including phenoxy) is 2. The first kappa shape index (κ1) is 25.5. The lowest BCUT2D eigenvalue weighted by atomic mass is 9.99. The van der Waals surface area contributed by atoms with Crippen molar-refractivity contribution in [2.24, 2.45) is 5.92 Å². The number of hydrogen-bond acceptors (Lipinski definition) is 6. The number of carbonyl (C=O) groups is 1. The number of carbonyl (C=O) groups excluding carboxylic acids is 1. The van der Waals surface area contributed by atoms with Gasteiger partial charge < -0.3 is 20.2 Å². The van der Waals surface area contributed by atoms with Gasteiger partial charge in [-0.2, -0.15) is 0 Å². The minimum absolute atomic E-state index is 0.0965. The fourth-order valence-corrected chi connectivity index (χ4v) is 3.57. The van der Waals surface area contributed by atoms with E-state index in [9.17, 15) is 4.79 Å². The predicted octanol–water partition coefficient (Wildman–Crippen LogP) is 5.24. The monoisotopic (exact) mass is 500 g/mol. The van der Waals surface area contributed by atoms with Gasteiger partial charge in [0, 0.05) is 36.6 Å². The van der Waals surface area contributed by atoms with Crippen LogP contribution in [0.4, 0.5) is 0 Å². The second kappa shape index (κ2) is 12.3. The van der Waals surface area contributed by atoms with E-state index in [1.54, 1.807) is 31.6 Å². The molecule has 7 nitrogen and oxygen atoms in total. The van der Waals surface area contributed by atoms with Crippen LogP contribution < -0.4 is 14.8 Å². The molecule has 0 aliphatic rings. The smallest absolute Gasteiger partial charge is 0.316 e. The quantitative estimate of drug-likeness (QED) is 0.350. The van der Waals surface area contributed by atoms with Crippen LogP contribution in [0.1, 0.15) is 18.9 Å². The first-order valence-corrected chi connectivity index (χ1v) is 11.5. The van der Waals surface area contributed by atoms with Gasteiger partial charge in [-0.3, -0.25) is 4.79 Å². The average molecular weight is 501 g/mol. The molecule has 0 aliphatic heterocycles. The molecule has 178 valence electrons. The molecule has 34 heavy (non-hydrogen) atoms. The van der Waals surface area contributed by atoms with Gasteiger partial charge in [0.1, 0.15) is 5.75 Å². The first-order valence-electron chi connectivity index (χ1n) is 10.7. The van der Waals surface area contributed by atoms with Gasteiger partial charge in [0.15, 0.2) is 6.61 Å². The second-order valence-corrected chi connectivity index (χ2v) is 8.73. The molecular weight excluding hydrogens is 475 g/mol. The van der Waals surface area contributed by atoms with Crippen molar-refractivity contribution < 1.29 is 14.3 Å². The molecule has 1 heterocycles. The van der Waals surface area contributed by atoms with E-state index in [-0.39, 0.29) is 24.4 Å². The Morgan fingerprint density at radius 2 is 1.76 bits per heavy atom. The molecule has 0 bridgehead atoms. The molecular formula is C25H26Cl2N4O3. The topological polar surface area (TPSA) is 97.2 Å². The van der Waals surface area contributed by atoms with Crippen molar-refractivity contribution in [3.05, 3.63) is 70.5 Å². The molecule has 2 aromatic carbocycles. The minimum atomic E-state index is -0.273. The van der Waals surface area contributed by atoms with Crippen LogP contribution in [0.2, 0.25) is 10.0 Å². The summed E-state index contributed by atoms with van der Waals surface area (Å²) in [5.74, 6) is 0.596. The molecule has 1 atom stereocenters. The normalized spacial score (nSPS) is 11.5. The van der Waals surface area contributed by atoms with Crippen LogP contribution in [0.5, 0.6) is 11.8 Å². The minimum Gasteiger partial charge on any atom is -0.497 e. The zero-order valence-corrected chi connectivity index (χ0v) is 20.5. The van der Waals surface area contributed by atoms with Crippen LogP contribution in [0.3, 0.4) is 0 Å². The van der Waals surface area contributed by atoms with Gasteiger partial charge in [0.2, 0.25) is 0 Å². The maximum Gasteiger partial charge on any atom is 0.316 e. The summed E-state index contributed by atoms with van der Waals surface area (Å²) in [4.78, 5) is 20.5. The predicted molar refractivity (Wildman–Crippen MR) is 134 cm³/mol. The highest BCUT2D eigenvalue weighted by Crippen LogP contribution is 2.23. The molecule has 0 fully saturated rings. The maximum atomic E-state index is 12.1. The zero-order chi connectivity index (χ0) is 24.5. The van der Waals surface area contributed by atoms with Crippen molar-refractivity contribution in [2.75, 3.05) is 20.3 Å². The van der Waals surface area contributed by atoms with Gasteiger partial charge in [0.05, 0.1) is 17.2 Å². The number of aromatic nitrogens is 2. The molecule has 3 rings (SSSR count). The fraction of sp³-hybridized carbons (Fsp3) is 0.280. The van der Waals surface area contributed by atoms with Gasteiger partial charge in [-0.15, -0.1) is 0 Å². The Morgan fingerprint density at radius 1 is 1.06 bits per heavy atom. The van der Waals surface area contributed by atoms with Crippen molar-refractivity contribution in [3.63, 3.8) is 0 Å². The number of amides is 1. The summed E-state index contributed by atoms with van der Waals surface area (Å²) < 4.78 is 10.5. The Balaban J connectivity index is 1.38. The van der Waals surface area contributed by atoms with Crippen LogP contribution in [-0.4, -0.2) is 41.8 Å². The molecule has 0 saturated heterocycles. The summed E-state index contributed by atoms with van der Waals surface area (Å²) >= 11 is 12.0. The van der Waals surface area contributed by atoms with E-state index in [0.29, 0.717) is 35.1 Å². The van der Waals surface area contributed by atoms with Crippen molar-refractivity contribution >= 4 is 34.8 Å². The Hall–Kier alpha value is -3.16. The lowest BCUT2D eigenvalue weighted by molar-refractivity contribution is -0.123. The summed E-state index contributed by atoms with van der Waals surface area (Å²) in [6, 6.07) is 13.0. The van der Waals surface area contributed by atoms with E-state index in [4.69, 9.17) is 38.1 Å². The number of benzene rings is 2. The zero-order valence-electron chi connectivity index (χ0n) is 19.0. The first-order chi connectivity index (χ1) is 16.3. The second-order valence-electron chi connectivity index (χ2n) is 7.91. The molecule has 1 amide bonds. The van der Waals surface area contributed by atoms with Gasteiger partial charge in [-0.1, -0.05) is 48.3 Å². The molecule has 0 radical (unpaired) electrons. The van der Waals surface area contributed by atoms with Gasteiger partial charge >= 0.3 is 6.01 Å². The Morgan fingerprint density at radius 3 is 2.41 bits per heavy atom. The highest BCUT2D eigenvalue weighted by atomic mass is 35.5. The van der Waals surface area contributed by atoms with E-state index in [1.165, 1.54) is 0 Å². The molecule has 0 saturated carbocycles. The summed E-state index contributed by atoms with van der Waals surface area (Å²) in [6.45, 7) is 2.23. The van der Waals surface area contributed by atoms with Gasteiger partial charge in [0.25, 0.3) is 5.91 Å². The number of methoxy groups -OCH3 is 1. The van der Waals surface area contributed by atoms with E-state index >= 15 is 0 Å². The molecule has 1 unspecified atom stereocenters. The Bertz CT molecular complexity index is 1120. The Labute approximate surface area is 208 Å². The third kappa shape index (κ3) is 7.71. The standard InChI is InChI=1S/C25H26Cl2N4O3/c1-16(9-20(28)10-17-3-8-22(26)23(27)11-17)12-29-24(32)15-34-25-30-13-19(14-31-25)18-4-6-21(33-2)7-5-18/h3-8,11,13-14,16,28H,9-10,12,15H2,1-2H3,(H,29,32). The van der Waals surface area contributed by atoms with Crippen molar-refractivity contribution in [3.8, 4) is 22.9 Å². The Kier molecular flexibility index (Phi) is 9.24. The van der Waals surface area contributed by atoms with Crippen LogP contribution in [0, 0.1) is 11.3 Å². The molecule has 3 aromatic rings. The van der Waals surface area contributed by atoms with Crippen LogP contribution >= 0.6 is 23.2 Å². The third-order valence-electron chi connectivity index (χ3n) is 5.03. The molecule has 2 N–H and O–H groups in total. The van der Waals surface area contributed by atoms with E-state index in [1.807, 2.05) is 37.3 Å². The van der Waals surface area contributed by atoms with Crippen LogP contribution in [0.15, 0.2) is 54.9 Å². The van der Waals surface area contributed by atoms with Crippen LogP contribution in [-0.2, 0) is 11.2 Å². The lowest BCUT2D eigenvalue weighted by Gasteiger charge is -2.14. The summed E-state index contributed by atoms with van der Waals surface area (Å²) in [5, 5.41) is 12.0. The van der Waals surface area contributed by atoms with E-state index in [0.717, 1.165) is 22.4 Å². The van der Waals surface area contributed by atoms with Crippen molar-refractivity contribution in [1.29, 1.82) is 5.41 Å². The van der Waals surface area contributed by atoms with Gasteiger partial charge in [-0.25, -0.2) is 9.97 Å². The lowest BCUT2D eigenvalue weighted by Crippen LogP contribution is -2.33. The average Bonchev–Trinajstić information content (AvgIpc) is 2.84. The molecule has 0 aliphatic carbocycles. The highest BCUT2D eigenvalue weighted by molar-refractivity contribution is 6.42. The maximum absolute atomic E-state index is 12.1. The number of halogens is 2. The number of rotatable bonds is 11. The molecule has 0 spiro atoms. The highest BCUT2D eigenvalue weighted by Gasteiger charge is 2.11. The van der Waals surface area contributed by atoms with Crippen LogP contribution in [0.25, 0.3) is 11.1 Å². The number of hydrogen-bond donors (Lipinski definition) is 2. The van der Waals surface area contributed by atoms with E-state index in [2.05, 4.69) is 15.3 Å².